The summed E-state index contributed by atoms with van der Waals surface area (Å²) < 4.78 is 58.6. The van der Waals surface area contributed by atoms with Gasteiger partial charge >= 0.3 is 5.97 Å². The topological polar surface area (TPSA) is 599 Å². The van der Waals surface area contributed by atoms with Gasteiger partial charge in [-0.25, -0.2) is 4.79 Å². The first-order chi connectivity index (χ1) is 61.3. The highest BCUT2D eigenvalue weighted by Gasteiger charge is 2.54. The highest BCUT2D eigenvalue weighted by molar-refractivity contribution is 6.32. The maximum absolute atomic E-state index is 16.5. The largest absolute Gasteiger partial charge is 0.508 e. The van der Waals surface area contributed by atoms with Crippen molar-refractivity contribution < 1.29 is 137 Å². The van der Waals surface area contributed by atoms with Crippen LogP contribution in [0.1, 0.15) is 137 Å². The van der Waals surface area contributed by atoms with Crippen molar-refractivity contribution in [1.29, 1.82) is 0 Å². The number of nitrogens with two attached hydrogens (primary N) is 2. The lowest BCUT2D eigenvalue weighted by Crippen LogP contribution is -2.66. The van der Waals surface area contributed by atoms with Crippen LogP contribution in [-0.2, 0) is 80.0 Å². The predicted octanol–water partition coefficient (Wildman–Crippen LogP) is 2.22. The fraction of sp³-hybridized carbons (Fsp3) is 0.427. The normalized spacial score (nSPS) is 29.1. The maximum atomic E-state index is 16.5. The summed E-state index contributed by atoms with van der Waals surface area (Å²) in [6.45, 7) is 8.89. The molecule has 40 heteroatoms. The van der Waals surface area contributed by atoms with Gasteiger partial charge in [-0.3, -0.25) is 38.4 Å². The van der Waals surface area contributed by atoms with Crippen molar-refractivity contribution in [3.05, 3.63) is 183 Å². The number of carboxylic acid groups (broad SMARTS) is 1. The molecule has 39 nitrogen and oxygen atoms in total. The molecule has 690 valence electrons. The molecule has 8 aliphatic heterocycles. The van der Waals surface area contributed by atoms with Gasteiger partial charge in [0.25, 0.3) is 0 Å². The molecule has 129 heavy (non-hydrogen) atoms. The average Bonchev–Trinajstić information content (AvgIpc) is 0.753. The SMILES string of the molecule is CN[C@H](CC(C)C)C(=O)N[C@H]1C(=O)N[C@@H](CC(N)=O)C(=O)N[C@H]2C(=O)N[C@H]3C(=O)N[C@H](C(=O)N[C@H](C(=O)O)c4cc(O)cc(O)c4-c4cc3ccc4O)[C@H](O[C@H]3C[C@](C)(N)[C@@H](O)[C@H](C)O3)c3ccc(cc3)Oc3cc2cc(c3O[C@@H]2O[C@H](CO)[C@@H](O)[C@H](O)[C@H]2O[C@H]2C[C@](C)(NC(=O)CNCc3ccc(OCc4ccccc4)cc3)[C@@H](O)[C@H](C)O2)Oc2ccc(cc2Cl)[C@H]1O. The molecule has 0 spiro atoms. The number of halogens is 1. The minimum atomic E-state index is -2.39. The van der Waals surface area contributed by atoms with E-state index in [9.17, 15) is 70.2 Å². The number of aliphatic hydroxyl groups is 6. The van der Waals surface area contributed by atoms with Crippen LogP contribution in [0, 0.1) is 5.92 Å². The van der Waals surface area contributed by atoms with Crippen molar-refractivity contribution in [2.24, 2.45) is 17.4 Å². The summed E-state index contributed by atoms with van der Waals surface area (Å²) in [5, 5.41) is 140. The fourth-order valence-corrected chi connectivity index (χ4v) is 16.7. The molecule has 0 unspecified atom stereocenters. The second-order valence-electron chi connectivity index (χ2n) is 33.6. The Balaban J connectivity index is 0.965. The molecule has 23 N–H and O–H groups in total. The van der Waals surface area contributed by atoms with Crippen molar-refractivity contribution in [1.82, 2.24) is 47.9 Å². The van der Waals surface area contributed by atoms with E-state index >= 15 is 24.0 Å². The Labute approximate surface area is 743 Å². The van der Waals surface area contributed by atoms with Crippen molar-refractivity contribution >= 4 is 64.8 Å². The zero-order valence-corrected chi connectivity index (χ0v) is 71.7. The van der Waals surface area contributed by atoms with Crippen molar-refractivity contribution in [3.63, 3.8) is 0 Å². The molecule has 8 amide bonds. The first kappa shape index (κ1) is 94.7. The van der Waals surface area contributed by atoms with Crippen LogP contribution in [-0.4, -0.2) is 227 Å². The highest BCUT2D eigenvalue weighted by atomic mass is 35.5. The lowest BCUT2D eigenvalue weighted by molar-refractivity contribution is -0.334. The Morgan fingerprint density at radius 3 is 1.97 bits per heavy atom. The van der Waals surface area contributed by atoms with E-state index in [2.05, 4.69) is 47.9 Å². The molecular weight excluding hydrogens is 1710 g/mol. The van der Waals surface area contributed by atoms with E-state index in [0.717, 1.165) is 59.7 Å². The summed E-state index contributed by atoms with van der Waals surface area (Å²) in [6.07, 6.45) is -23.7. The highest BCUT2D eigenvalue weighted by Crippen LogP contribution is 2.50. The third-order valence-corrected chi connectivity index (χ3v) is 23.5. The van der Waals surface area contributed by atoms with Crippen LogP contribution >= 0.6 is 11.6 Å². The molecule has 22 atom stereocenters. The van der Waals surface area contributed by atoms with Crippen LogP contribution < -0.4 is 78.3 Å². The van der Waals surface area contributed by atoms with E-state index in [-0.39, 0.29) is 71.5 Å². The van der Waals surface area contributed by atoms with E-state index in [1.807, 2.05) is 56.3 Å². The number of hydrogen-bond acceptors (Lipinski definition) is 30. The number of carboxylic acids is 1. The zero-order chi connectivity index (χ0) is 92.9. The average molecular weight is 1810 g/mol. The molecule has 7 aromatic carbocycles. The number of amides is 8. The van der Waals surface area contributed by atoms with Crippen LogP contribution in [0.5, 0.6) is 51.7 Å². The molecule has 0 saturated carbocycles. The van der Waals surface area contributed by atoms with Crippen LogP contribution in [0.15, 0.2) is 140 Å². The van der Waals surface area contributed by atoms with Crippen LogP contribution in [0.3, 0.4) is 0 Å². The van der Waals surface area contributed by atoms with Gasteiger partial charge < -0.3 is 153 Å². The van der Waals surface area contributed by atoms with E-state index in [4.69, 9.17) is 65.7 Å². The lowest BCUT2D eigenvalue weighted by atomic mass is 9.85. The molecule has 3 fully saturated rings. The summed E-state index contributed by atoms with van der Waals surface area (Å²) in [5.74, 6) is -15.8. The number of nitrogens with one attached hydrogen (secondary N) is 9. The van der Waals surface area contributed by atoms with Crippen LogP contribution in [0.4, 0.5) is 0 Å². The number of hydrogen-bond donors (Lipinski definition) is 21. The Kier molecular flexibility index (Phi) is 29.4. The number of aromatic hydroxyl groups is 3. The van der Waals surface area contributed by atoms with Gasteiger partial charge in [-0.15, -0.1) is 0 Å². The third-order valence-electron chi connectivity index (χ3n) is 23.2. The Bertz CT molecular complexity index is 5310. The first-order valence-corrected chi connectivity index (χ1v) is 42.0. The Morgan fingerprint density at radius 2 is 1.31 bits per heavy atom. The van der Waals surface area contributed by atoms with Crippen molar-refractivity contribution in [2.45, 2.75) is 214 Å². The first-order valence-electron chi connectivity index (χ1n) is 41.6. The van der Waals surface area contributed by atoms with Crippen molar-refractivity contribution in [2.75, 3.05) is 20.2 Å². The third kappa shape index (κ3) is 21.7. The summed E-state index contributed by atoms with van der Waals surface area (Å²) in [4.78, 5) is 135. The molecule has 15 rings (SSSR count). The van der Waals surface area contributed by atoms with Gasteiger partial charge in [0.1, 0.15) is 108 Å². The number of phenols is 3. The molecule has 0 aliphatic carbocycles. The standard InChI is InChI=1S/C89H104ClN11O28/c1-39(2)25-54(93-7)80(113)99-70-72(108)46-18-24-58(53(90)27-46)125-60-29-47-28-59(76(60)129-87-77(74(110)73(109)61(37-102)126-87)128-65-34-89(6,79(112)41(4)123-65)101-63(107)36-94-35-42-13-19-49(20-14-42)121-38-43-11-9-8-10-12-43)124-50-21-15-44(16-22-50)75(127-64-33-88(5,92)78(111)40(3)122-64)71-85(118)98-69(86(119)120)52-30-48(103)31-57(105)66(52)51-26-45(17-23-56(51)104)67(82(115)100-71)97-83(116)68(47)96-81(114)55(32-62(91)106)95-84(70)117/h8-24,26-31,39-41,54-55,61,64-65,67-75,77-79,87,93-94,102-105,108-112H,25,32-38,92H2,1-7H3,(H2,91,106)(H,95,117)(H,96,114)(H,97,116)(H,98,118)(H,99,113)(H,100,115)(H,101,107)(H,119,120)/t40-,41-,54+,55-,61+,64-,65-,67+,68+,69-,70+,71-,72+,73+,74-,75+,77+,78-,79-,87-,88-,89-/m0/s1. The number of ether oxygens (including phenoxy) is 9. The van der Waals surface area contributed by atoms with Gasteiger partial charge in [0.15, 0.2) is 36.2 Å². The zero-order valence-electron chi connectivity index (χ0n) is 70.9. The van der Waals surface area contributed by atoms with Gasteiger partial charge in [-0.05, 0) is 147 Å². The van der Waals surface area contributed by atoms with Gasteiger partial charge in [0.05, 0.1) is 54.5 Å². The second-order valence-corrected chi connectivity index (χ2v) is 34.0. The Morgan fingerprint density at radius 1 is 0.659 bits per heavy atom. The minimum absolute atomic E-state index is 0.0633. The number of primary amides is 1. The number of rotatable bonds is 23. The summed E-state index contributed by atoms with van der Waals surface area (Å²) in [6, 6.07) is 18.0. The Hall–Kier alpha value is -11.9. The quantitative estimate of drug-likeness (QED) is 0.0436. The monoisotopic (exact) mass is 1810 g/mol. The van der Waals surface area contributed by atoms with Gasteiger partial charge in [0.2, 0.25) is 59.3 Å². The van der Waals surface area contributed by atoms with E-state index < -0.39 is 256 Å². The number of carbonyl (C=O) groups excluding carboxylic acids is 8. The molecule has 3 saturated heterocycles. The van der Waals surface area contributed by atoms with Crippen LogP contribution in [0.2, 0.25) is 5.02 Å². The molecule has 0 aromatic heterocycles. The number of carbonyl (C=O) groups is 9. The summed E-state index contributed by atoms with van der Waals surface area (Å²) >= 11 is 7.22. The fourth-order valence-electron chi connectivity index (χ4n) is 16.4. The number of phenolic OH excluding ortho intramolecular Hbond substituents is 3. The van der Waals surface area contributed by atoms with Crippen LogP contribution in [0.25, 0.3) is 11.1 Å². The number of likely N-dealkylation sites (N-methyl/N-ethyl adjacent to an activating group) is 1. The van der Waals surface area contributed by atoms with Crippen molar-refractivity contribution in [3.8, 4) is 62.9 Å². The molecule has 0 radical (unpaired) electrons. The van der Waals surface area contributed by atoms with E-state index in [1.165, 1.54) is 71.1 Å². The molecular formula is C89H104ClN11O28. The number of aliphatic carboxylic acids is 1. The predicted molar refractivity (Wildman–Crippen MR) is 454 cm³/mol. The maximum Gasteiger partial charge on any atom is 0.330 e. The van der Waals surface area contributed by atoms with Gasteiger partial charge in [0, 0.05) is 47.7 Å². The molecule has 11 bridgehead atoms. The molecule has 7 aromatic rings. The smallest absolute Gasteiger partial charge is 0.330 e. The van der Waals surface area contributed by atoms with E-state index in [1.54, 1.807) is 12.1 Å². The molecule has 8 aliphatic rings. The number of fused-ring (bicyclic) bond motifs is 15. The minimum Gasteiger partial charge on any atom is -0.508 e. The van der Waals surface area contributed by atoms with Gasteiger partial charge in [-0.1, -0.05) is 92.2 Å². The summed E-state index contributed by atoms with van der Waals surface area (Å²) in [5.41, 5.74) is 8.57. The lowest BCUT2D eigenvalue weighted by Gasteiger charge is -2.48. The second kappa shape index (κ2) is 40.0. The number of aliphatic hydroxyl groups excluding tert-OH is 6. The number of benzene rings is 7. The molecule has 8 heterocycles. The van der Waals surface area contributed by atoms with Gasteiger partial charge in [-0.2, -0.15) is 0 Å². The summed E-state index contributed by atoms with van der Waals surface area (Å²) in [7, 11) is 1.47. The van der Waals surface area contributed by atoms with E-state index in [0.29, 0.717) is 12.4 Å².